The molecule has 19 nitrogen and oxygen atoms in total. The smallest absolute Gasteiger partial charge is 0.388 e. The monoisotopic (exact) mass is 629 g/mol. The van der Waals surface area contributed by atoms with E-state index in [1.165, 1.54) is 17.0 Å². The highest BCUT2D eigenvalue weighted by atomic mass is 32.7. The zero-order chi connectivity index (χ0) is 29.1. The number of hydrogen-bond donors (Lipinski definition) is 7. The maximum absolute atomic E-state index is 13.5. The summed E-state index contributed by atoms with van der Waals surface area (Å²) in [4.78, 5) is 26.7. The zero-order valence-corrected chi connectivity index (χ0v) is 23.4. The van der Waals surface area contributed by atoms with Crippen LogP contribution in [-0.2, 0) is 24.1 Å². The van der Waals surface area contributed by atoms with Crippen molar-refractivity contribution in [1.82, 2.24) is 44.5 Å². The molecule has 41 heavy (non-hydrogen) atoms. The van der Waals surface area contributed by atoms with Crippen molar-refractivity contribution in [3.63, 3.8) is 0 Å². The number of nitrogens with one attached hydrogen (secondary N) is 1. The van der Waals surface area contributed by atoms with Crippen LogP contribution in [0.3, 0.4) is 0 Å². The summed E-state index contributed by atoms with van der Waals surface area (Å²) in [5.41, 5.74) is 9.32. The molecule has 6 rings (SSSR count). The molecule has 220 valence electrons. The van der Waals surface area contributed by atoms with Gasteiger partial charge in [-0.1, -0.05) is 17.5 Å². The van der Waals surface area contributed by atoms with Gasteiger partial charge < -0.3 is 31.5 Å². The molecular weight excluding hydrogens is 605 g/mol. The number of anilines is 2. The first-order valence-corrected chi connectivity index (χ1v) is 15.7. The molecule has 4 aromatic heterocycles. The lowest BCUT2D eigenvalue weighted by Gasteiger charge is -2.34. The van der Waals surface area contributed by atoms with Gasteiger partial charge in [0.15, 0.2) is 22.6 Å². The Hall–Kier alpha value is -2.88. The third-order valence-corrected chi connectivity index (χ3v) is 9.91. The number of rotatable bonds is 8. The predicted octanol–water partition coefficient (Wildman–Crippen LogP) is -2.15. The van der Waals surface area contributed by atoms with Crippen molar-refractivity contribution in [3.8, 4) is 0 Å². The van der Waals surface area contributed by atoms with Gasteiger partial charge in [-0.05, 0) is 0 Å². The van der Waals surface area contributed by atoms with Gasteiger partial charge in [0.1, 0.15) is 18.5 Å². The number of hydrogen-bond acceptors (Lipinski definition) is 17. The van der Waals surface area contributed by atoms with Crippen molar-refractivity contribution < 1.29 is 33.7 Å². The van der Waals surface area contributed by atoms with Crippen LogP contribution in [0.15, 0.2) is 17.3 Å². The number of thiol groups is 1. The Morgan fingerprint density at radius 3 is 2.88 bits per heavy atom. The van der Waals surface area contributed by atoms with E-state index in [4.69, 9.17) is 25.3 Å². The number of aliphatic hydroxyl groups is 3. The van der Waals surface area contributed by atoms with Crippen LogP contribution in [0.1, 0.15) is 11.6 Å². The fourth-order valence-electron chi connectivity index (χ4n) is 4.84. The summed E-state index contributed by atoms with van der Waals surface area (Å²) >= 11 is 5.19. The molecule has 0 radical (unpaired) electrons. The van der Waals surface area contributed by atoms with Gasteiger partial charge in [-0.3, -0.25) is 18.8 Å². The Labute approximate surface area is 238 Å². The number of H-pyrrole nitrogens is 1. The highest BCUT2D eigenvalue weighted by Crippen LogP contribution is 2.60. The molecular formula is C19H24N11O8PS2. The van der Waals surface area contributed by atoms with Crippen molar-refractivity contribution >= 4 is 59.4 Å². The summed E-state index contributed by atoms with van der Waals surface area (Å²) in [6.07, 6.45) is -0.836. The van der Waals surface area contributed by atoms with Crippen molar-refractivity contribution in [1.29, 1.82) is 0 Å². The van der Waals surface area contributed by atoms with Crippen LogP contribution in [0.4, 0.5) is 11.8 Å². The van der Waals surface area contributed by atoms with Crippen molar-refractivity contribution in [2.24, 2.45) is 0 Å². The normalized spacial score (nSPS) is 29.9. The highest BCUT2D eigenvalue weighted by Gasteiger charge is 2.56. The van der Waals surface area contributed by atoms with E-state index in [-0.39, 0.29) is 35.3 Å². The van der Waals surface area contributed by atoms with E-state index in [2.05, 4.69) is 47.6 Å². The van der Waals surface area contributed by atoms with Gasteiger partial charge in [-0.2, -0.15) is 14.8 Å². The second-order valence-corrected chi connectivity index (χ2v) is 13.4. The summed E-state index contributed by atoms with van der Waals surface area (Å²) < 4.78 is 33.0. The third kappa shape index (κ3) is 4.76. The minimum atomic E-state index is -4.37. The van der Waals surface area contributed by atoms with E-state index in [0.29, 0.717) is 11.3 Å². The minimum absolute atomic E-state index is 0.0642. The highest BCUT2D eigenvalue weighted by molar-refractivity contribution is 8.44. The average molecular weight is 630 g/mol. The van der Waals surface area contributed by atoms with E-state index in [1.807, 2.05) is 0 Å². The summed E-state index contributed by atoms with van der Waals surface area (Å²) in [6, 6.07) is 0. The number of aliphatic hydroxyl groups excluding tert-OH is 3. The van der Waals surface area contributed by atoms with Crippen molar-refractivity contribution in [2.75, 3.05) is 37.0 Å². The third-order valence-electron chi connectivity index (χ3n) is 6.88. The fraction of sp³-hybridized carbons (Fsp3) is 0.526. The molecule has 2 fully saturated rings. The quantitative estimate of drug-likeness (QED) is 0.0808. The number of fused-ring (bicyclic) bond motifs is 2. The first-order chi connectivity index (χ1) is 19.5. The van der Waals surface area contributed by atoms with E-state index < -0.39 is 60.8 Å². The molecule has 22 heteroatoms. The van der Waals surface area contributed by atoms with Crippen LogP contribution in [-0.4, -0.2) is 109 Å². The lowest BCUT2D eigenvalue weighted by Crippen LogP contribution is -2.49. The van der Waals surface area contributed by atoms with Gasteiger partial charge >= 0.3 is 6.80 Å². The fourth-order valence-corrected chi connectivity index (χ4v) is 7.89. The molecule has 0 aliphatic carbocycles. The molecule has 0 spiro atoms. The Bertz CT molecular complexity index is 1720. The molecule has 7 atom stereocenters. The number of nitrogens with zero attached hydrogens (tertiary/aromatic N) is 8. The van der Waals surface area contributed by atoms with Crippen LogP contribution < -0.4 is 17.0 Å². The van der Waals surface area contributed by atoms with Gasteiger partial charge in [-0.25, -0.2) is 19.0 Å². The summed E-state index contributed by atoms with van der Waals surface area (Å²) in [5.74, 6) is -0.773. The van der Waals surface area contributed by atoms with E-state index in [9.17, 15) is 24.7 Å². The second-order valence-electron chi connectivity index (χ2n) is 9.33. The van der Waals surface area contributed by atoms with Crippen molar-refractivity contribution in [2.45, 2.75) is 35.2 Å². The van der Waals surface area contributed by atoms with Gasteiger partial charge in [0, 0.05) is 5.75 Å². The molecule has 0 saturated carbocycles. The molecule has 4 aromatic rings. The number of nitrogens with two attached hydrogens (primary N) is 2. The van der Waals surface area contributed by atoms with E-state index in [1.54, 1.807) is 0 Å². The molecule has 2 aliphatic rings. The lowest BCUT2D eigenvalue weighted by molar-refractivity contribution is -0.103. The van der Waals surface area contributed by atoms with Gasteiger partial charge in [0.2, 0.25) is 11.7 Å². The lowest BCUT2D eigenvalue weighted by atomic mass is 9.99. The predicted molar refractivity (Wildman–Crippen MR) is 145 cm³/mol. The largest absolute Gasteiger partial charge is 0.395 e. The second kappa shape index (κ2) is 10.4. The van der Waals surface area contributed by atoms with Crippen LogP contribution in [0.5, 0.6) is 0 Å². The maximum atomic E-state index is 13.5. The molecule has 6 heterocycles. The first-order valence-electron chi connectivity index (χ1n) is 12.0. The number of nitrogen functional groups attached to an aromatic ring is 2. The topological polar surface area (TPSA) is 277 Å². The summed E-state index contributed by atoms with van der Waals surface area (Å²) in [6.45, 7) is -5.18. The number of imidazole rings is 1. The van der Waals surface area contributed by atoms with E-state index in [0.717, 1.165) is 16.4 Å². The Balaban J connectivity index is 1.23. The van der Waals surface area contributed by atoms with Crippen LogP contribution in [0, 0.1) is 0 Å². The molecule has 2 aliphatic heterocycles. The minimum Gasteiger partial charge on any atom is -0.395 e. The summed E-state index contributed by atoms with van der Waals surface area (Å²) in [5, 5.41) is 43.0. The molecule has 0 bridgehead atoms. The Morgan fingerprint density at radius 2 is 2.12 bits per heavy atom. The van der Waals surface area contributed by atoms with Gasteiger partial charge in [0.25, 0.3) is 5.56 Å². The Kier molecular flexibility index (Phi) is 7.19. The van der Waals surface area contributed by atoms with Crippen molar-refractivity contribution in [3.05, 3.63) is 28.6 Å². The molecule has 1 unspecified atom stereocenters. The number of aromatic nitrogens is 9. The molecule has 0 aromatic carbocycles. The Morgan fingerprint density at radius 1 is 1.32 bits per heavy atom. The van der Waals surface area contributed by atoms with Gasteiger partial charge in [0.05, 0.1) is 49.0 Å². The van der Waals surface area contributed by atoms with Crippen LogP contribution >= 0.6 is 30.8 Å². The molecule has 0 amide bonds. The summed E-state index contributed by atoms with van der Waals surface area (Å²) in [7, 11) is 0. The van der Waals surface area contributed by atoms with E-state index >= 15 is 0 Å². The standard InChI is InChI=1S/C19H24N11O8PS2/c20-14-16-22-1-8(29(16)24-6-23-14)7-3-36-9(12(7)32)4-37-39(35,40)38-19(5-41-10(2-31)13(19)33)30-15-11(27-28-30)17(34)26-18(21)25-15/h1,6-7,9-10,12-13,31-33H,2-5H2,(H,35,40)(H2,20,23,24)(H3,21,25,26,34)/t7-,9+,10+,12-,13+,19-,39?/m0/s1. The number of thioether (sulfide) groups is 1. The first kappa shape index (κ1) is 28.2. The SMILES string of the molecule is Nc1nc2c(nnn2[C@]2(OP(=O)(S)OC[C@H]3OC[C@@H](c4cnc5c(N)ncnn45)[C@@H]3O)CS[C@H](CO)[C@H]2O)c(=O)[nH]1. The zero-order valence-electron chi connectivity index (χ0n) is 20.8. The molecule has 2 saturated heterocycles. The number of aromatic amines is 1. The van der Waals surface area contributed by atoms with Crippen LogP contribution in [0.25, 0.3) is 16.8 Å². The maximum Gasteiger partial charge on any atom is 0.388 e. The average Bonchev–Trinajstić information content (AvgIpc) is 3.69. The molecule has 8 N–H and O–H groups in total. The number of ether oxygens (including phenoxy) is 1. The van der Waals surface area contributed by atoms with Gasteiger partial charge in [-0.15, -0.1) is 16.9 Å². The van der Waals surface area contributed by atoms with Crippen LogP contribution in [0.2, 0.25) is 0 Å².